The first kappa shape index (κ1) is 16.8. The van der Waals surface area contributed by atoms with Crippen LogP contribution in [0.1, 0.15) is 31.9 Å². The van der Waals surface area contributed by atoms with Gasteiger partial charge >= 0.3 is 0 Å². The van der Waals surface area contributed by atoms with Crippen molar-refractivity contribution in [3.05, 3.63) is 53.0 Å². The normalized spacial score (nSPS) is 13.1. The summed E-state index contributed by atoms with van der Waals surface area (Å²) < 4.78 is 10.0. The second-order valence-corrected chi connectivity index (χ2v) is 9.83. The molecule has 0 unspecified atom stereocenters. The van der Waals surface area contributed by atoms with Gasteiger partial charge in [0.1, 0.15) is 18.5 Å². The van der Waals surface area contributed by atoms with E-state index in [9.17, 15) is 0 Å². The zero-order chi connectivity index (χ0) is 18.9. The van der Waals surface area contributed by atoms with Gasteiger partial charge in [-0.05, 0) is 64.2 Å². The summed E-state index contributed by atoms with van der Waals surface area (Å²) in [5.41, 5.74) is 5.37. The molecule has 0 amide bonds. The van der Waals surface area contributed by atoms with Gasteiger partial charge in [0, 0.05) is 10.8 Å². The van der Waals surface area contributed by atoms with Crippen molar-refractivity contribution in [2.24, 2.45) is 12.5 Å². The van der Waals surface area contributed by atoms with E-state index < -0.39 is 0 Å². The third kappa shape index (κ3) is 2.56. The smallest absolute Gasteiger partial charge is 0.228 e. The molecule has 0 saturated heterocycles. The van der Waals surface area contributed by atoms with Crippen molar-refractivity contribution in [3.8, 4) is 22.8 Å². The average Bonchev–Trinajstić information content (AvgIpc) is 3.04. The molecule has 136 valence electrons. The summed E-state index contributed by atoms with van der Waals surface area (Å²) in [7, 11) is 2.13. The number of nitrogens with zero attached hydrogens (tertiary/aromatic N) is 1. The molecule has 2 nitrogen and oxygen atoms in total. The Morgan fingerprint density at radius 3 is 2.67 bits per heavy atom. The fourth-order valence-electron chi connectivity index (χ4n) is 4.37. The van der Waals surface area contributed by atoms with Crippen LogP contribution in [-0.2, 0) is 13.5 Å². The predicted molar refractivity (Wildman–Crippen MR) is 114 cm³/mol. The zero-order valence-electron chi connectivity index (χ0n) is 16.5. The first-order valence-electron chi connectivity index (χ1n) is 9.46. The third-order valence-corrected chi connectivity index (χ3v) is 6.30. The predicted octanol–water partition coefficient (Wildman–Crippen LogP) is 6.55. The molecule has 5 rings (SSSR count). The lowest BCUT2D eigenvalue weighted by Crippen LogP contribution is -2.31. The first-order chi connectivity index (χ1) is 12.8. The van der Waals surface area contributed by atoms with Crippen molar-refractivity contribution in [1.29, 1.82) is 0 Å². The average molecular weight is 375 g/mol. The van der Waals surface area contributed by atoms with E-state index in [0.29, 0.717) is 0 Å². The Balaban J connectivity index is 1.85. The van der Waals surface area contributed by atoms with Crippen LogP contribution in [0.15, 0.2) is 41.9 Å². The van der Waals surface area contributed by atoms with Gasteiger partial charge in [0.25, 0.3) is 0 Å². The summed E-state index contributed by atoms with van der Waals surface area (Å²) in [6.07, 6.45) is 3.21. The van der Waals surface area contributed by atoms with Crippen LogP contribution in [0.5, 0.6) is 11.5 Å². The maximum Gasteiger partial charge on any atom is 0.228 e. The van der Waals surface area contributed by atoms with Crippen molar-refractivity contribution in [3.63, 3.8) is 0 Å². The molecular formula is C24H24NOS+. The number of ether oxygens (including phenoxy) is 1. The summed E-state index contributed by atoms with van der Waals surface area (Å²) in [6, 6.07) is 11.2. The number of aryl methyl sites for hydroxylation is 2. The van der Waals surface area contributed by atoms with Crippen LogP contribution in [-0.4, -0.2) is 0 Å². The molecule has 3 heteroatoms. The van der Waals surface area contributed by atoms with Gasteiger partial charge in [-0.2, -0.15) is 0 Å². The third-order valence-electron chi connectivity index (χ3n) is 5.43. The minimum absolute atomic E-state index is 0.245. The number of benzene rings is 2. The lowest BCUT2D eigenvalue weighted by molar-refractivity contribution is -0.659. The minimum atomic E-state index is 0.245. The fourth-order valence-corrected chi connectivity index (χ4v) is 5.24. The molecule has 0 aliphatic carbocycles. The number of hydrogen-bond donors (Lipinski definition) is 0. The van der Waals surface area contributed by atoms with E-state index >= 15 is 0 Å². The second-order valence-electron chi connectivity index (χ2n) is 8.88. The molecule has 4 aromatic rings. The Hall–Kier alpha value is -2.39. The first-order valence-corrected chi connectivity index (χ1v) is 10.3. The number of rotatable bonds is 1. The van der Waals surface area contributed by atoms with Crippen molar-refractivity contribution >= 4 is 32.2 Å². The molecule has 0 fully saturated rings. The van der Waals surface area contributed by atoms with Gasteiger partial charge in [-0.25, -0.2) is 4.57 Å². The van der Waals surface area contributed by atoms with Crippen LogP contribution in [0.3, 0.4) is 0 Å². The molecule has 1 aliphatic heterocycles. The molecule has 27 heavy (non-hydrogen) atoms. The number of fused-ring (bicyclic) bond motifs is 3. The van der Waals surface area contributed by atoms with E-state index in [-0.39, 0.29) is 5.41 Å². The monoisotopic (exact) mass is 374 g/mol. The van der Waals surface area contributed by atoms with E-state index in [1.165, 1.54) is 43.2 Å². The van der Waals surface area contributed by atoms with Gasteiger partial charge in [-0.15, -0.1) is 11.3 Å². The number of aromatic nitrogens is 1. The van der Waals surface area contributed by atoms with E-state index in [1.54, 1.807) is 11.3 Å². The maximum atomic E-state index is 6.51. The summed E-state index contributed by atoms with van der Waals surface area (Å²) in [5.74, 6) is 1.96. The van der Waals surface area contributed by atoms with Crippen molar-refractivity contribution < 1.29 is 9.30 Å². The number of hydrogen-bond acceptors (Lipinski definition) is 2. The van der Waals surface area contributed by atoms with E-state index in [1.807, 2.05) is 0 Å². The second kappa shape index (κ2) is 5.56. The number of pyridine rings is 1. The van der Waals surface area contributed by atoms with Crippen LogP contribution in [0, 0.1) is 12.3 Å². The van der Waals surface area contributed by atoms with Crippen LogP contribution in [0.4, 0.5) is 0 Å². The Labute approximate surface area is 164 Å². The fraction of sp³-hybridized carbons (Fsp3) is 0.292. The summed E-state index contributed by atoms with van der Waals surface area (Å²) in [6.45, 7) is 9.07. The van der Waals surface area contributed by atoms with Gasteiger partial charge in [0.15, 0.2) is 6.20 Å². The van der Waals surface area contributed by atoms with Gasteiger partial charge in [-0.1, -0.05) is 26.8 Å². The lowest BCUT2D eigenvalue weighted by atomic mass is 9.86. The summed E-state index contributed by atoms with van der Waals surface area (Å²) in [4.78, 5) is 0. The Kier molecular flexibility index (Phi) is 3.45. The molecule has 0 atom stereocenters. The Morgan fingerprint density at radius 1 is 1.07 bits per heavy atom. The highest BCUT2D eigenvalue weighted by atomic mass is 32.1. The molecule has 0 N–H and O–H groups in total. The van der Waals surface area contributed by atoms with Crippen LogP contribution < -0.4 is 9.30 Å². The quantitative estimate of drug-likeness (QED) is 0.303. The van der Waals surface area contributed by atoms with Gasteiger partial charge in [0.05, 0.1) is 10.9 Å². The topological polar surface area (TPSA) is 13.1 Å². The molecular weight excluding hydrogens is 350 g/mol. The van der Waals surface area contributed by atoms with E-state index in [0.717, 1.165) is 17.9 Å². The molecule has 0 spiro atoms. The van der Waals surface area contributed by atoms with Gasteiger partial charge in [-0.3, -0.25) is 0 Å². The highest BCUT2D eigenvalue weighted by Gasteiger charge is 2.30. The largest absolute Gasteiger partial charge is 0.455 e. The zero-order valence-corrected chi connectivity index (χ0v) is 17.3. The minimum Gasteiger partial charge on any atom is -0.455 e. The molecule has 1 aliphatic rings. The molecule has 0 bridgehead atoms. The van der Waals surface area contributed by atoms with Gasteiger partial charge in [0.2, 0.25) is 5.69 Å². The van der Waals surface area contributed by atoms with Crippen molar-refractivity contribution in [2.75, 3.05) is 0 Å². The summed E-state index contributed by atoms with van der Waals surface area (Å²) in [5, 5.41) is 5.98. The molecule has 0 saturated carbocycles. The maximum absolute atomic E-state index is 6.51. The highest BCUT2D eigenvalue weighted by Crippen LogP contribution is 2.49. The van der Waals surface area contributed by atoms with E-state index in [4.69, 9.17) is 4.74 Å². The Bertz CT molecular complexity index is 1230. The molecule has 2 aromatic heterocycles. The molecule has 2 aromatic carbocycles. The van der Waals surface area contributed by atoms with Crippen LogP contribution in [0.2, 0.25) is 0 Å². The van der Waals surface area contributed by atoms with Crippen molar-refractivity contribution in [1.82, 2.24) is 0 Å². The van der Waals surface area contributed by atoms with E-state index in [2.05, 4.69) is 81.2 Å². The Morgan fingerprint density at radius 2 is 1.89 bits per heavy atom. The molecule has 0 radical (unpaired) electrons. The standard InChI is InChI=1S/C24H24NOS/c1-14-17-7-9-27-20(17)12-19-21(14)23-22-16(6-8-25(23)5)10-15(11-18(22)26-19)13-24(2,3)4/h6-12H,13H2,1-5H3/q+1. The van der Waals surface area contributed by atoms with Crippen molar-refractivity contribution in [2.45, 2.75) is 34.1 Å². The molecule has 3 heterocycles. The van der Waals surface area contributed by atoms with Crippen LogP contribution in [0.25, 0.3) is 32.1 Å². The highest BCUT2D eigenvalue weighted by molar-refractivity contribution is 7.17. The lowest BCUT2D eigenvalue weighted by Gasteiger charge is -2.23. The number of thiophene rings is 1. The van der Waals surface area contributed by atoms with Gasteiger partial charge < -0.3 is 4.74 Å². The van der Waals surface area contributed by atoms with Crippen LogP contribution >= 0.6 is 11.3 Å². The SMILES string of the molecule is Cc1c2c(cc3sccc13)Oc1cc(CC(C)(C)C)cc3cc[n+](C)c-2c13. The summed E-state index contributed by atoms with van der Waals surface area (Å²) >= 11 is 1.78.